The van der Waals surface area contributed by atoms with Crippen LogP contribution >= 0.6 is 34.3 Å². The second-order valence-corrected chi connectivity index (χ2v) is 10.0. The number of amides is 1. The van der Waals surface area contributed by atoms with E-state index in [0.717, 1.165) is 10.1 Å². The highest BCUT2D eigenvalue weighted by Gasteiger charge is 2.19. The van der Waals surface area contributed by atoms with Crippen molar-refractivity contribution in [3.63, 3.8) is 0 Å². The Hall–Kier alpha value is -2.66. The zero-order valence-electron chi connectivity index (χ0n) is 15.4. The number of halogens is 1. The Kier molecular flexibility index (Phi) is 5.65. The van der Waals surface area contributed by atoms with Gasteiger partial charge in [-0.25, -0.2) is 13.4 Å². The highest BCUT2D eigenvalue weighted by molar-refractivity contribution is 7.93. The maximum Gasteiger partial charge on any atom is 0.267 e. The van der Waals surface area contributed by atoms with E-state index in [1.807, 2.05) is 6.07 Å². The molecule has 1 amide bonds. The molecule has 0 aliphatic carbocycles. The Morgan fingerprint density at radius 3 is 2.60 bits per heavy atom. The Bertz CT molecular complexity index is 1320. The average molecular weight is 480 g/mol. The van der Waals surface area contributed by atoms with Gasteiger partial charge in [-0.3, -0.25) is 9.52 Å². The van der Waals surface area contributed by atoms with E-state index in [2.05, 4.69) is 15.0 Å². The molecular weight excluding hydrogens is 466 g/mol. The fraction of sp³-hybridized carbons (Fsp3) is 0.0526. The molecule has 2 N–H and O–H groups in total. The highest BCUT2D eigenvalue weighted by Crippen LogP contribution is 2.37. The normalized spacial score (nSPS) is 11.4. The first kappa shape index (κ1) is 20.6. The number of aromatic nitrogens is 1. The van der Waals surface area contributed by atoms with Gasteiger partial charge >= 0.3 is 0 Å². The van der Waals surface area contributed by atoms with Crippen molar-refractivity contribution in [2.45, 2.75) is 4.90 Å². The third kappa shape index (κ3) is 4.12. The van der Waals surface area contributed by atoms with Crippen molar-refractivity contribution in [2.75, 3.05) is 17.1 Å². The van der Waals surface area contributed by atoms with Gasteiger partial charge in [-0.05, 0) is 42.5 Å². The van der Waals surface area contributed by atoms with Crippen LogP contribution in [0.4, 0.5) is 10.8 Å². The number of methoxy groups -OCH3 is 1. The zero-order chi connectivity index (χ0) is 21.3. The van der Waals surface area contributed by atoms with E-state index in [-0.39, 0.29) is 15.9 Å². The van der Waals surface area contributed by atoms with Crippen molar-refractivity contribution in [3.8, 4) is 5.75 Å². The predicted molar refractivity (Wildman–Crippen MR) is 121 cm³/mol. The van der Waals surface area contributed by atoms with Crippen LogP contribution in [0.15, 0.2) is 58.9 Å². The first-order valence-corrected chi connectivity index (χ1v) is 12.0. The van der Waals surface area contributed by atoms with E-state index in [1.165, 1.54) is 53.1 Å². The minimum absolute atomic E-state index is 0.0580. The van der Waals surface area contributed by atoms with E-state index >= 15 is 0 Å². The van der Waals surface area contributed by atoms with Crippen molar-refractivity contribution in [3.05, 3.63) is 63.9 Å². The number of sulfonamides is 1. The van der Waals surface area contributed by atoms with Gasteiger partial charge in [0.1, 0.15) is 10.6 Å². The number of hydrogen-bond acceptors (Lipinski definition) is 7. The monoisotopic (exact) mass is 479 g/mol. The number of rotatable bonds is 6. The maximum atomic E-state index is 12.7. The molecule has 7 nitrogen and oxygen atoms in total. The summed E-state index contributed by atoms with van der Waals surface area (Å²) in [6, 6.07) is 11.3. The number of carbonyl (C=O) groups is 1. The quantitative estimate of drug-likeness (QED) is 0.402. The molecule has 30 heavy (non-hydrogen) atoms. The molecule has 0 bridgehead atoms. The van der Waals surface area contributed by atoms with Crippen LogP contribution in [0, 0.1) is 0 Å². The van der Waals surface area contributed by atoms with E-state index < -0.39 is 10.0 Å². The van der Waals surface area contributed by atoms with Gasteiger partial charge in [-0.2, -0.15) is 0 Å². The fourth-order valence-electron chi connectivity index (χ4n) is 2.67. The summed E-state index contributed by atoms with van der Waals surface area (Å²) < 4.78 is 33.2. The Morgan fingerprint density at radius 1 is 1.17 bits per heavy atom. The van der Waals surface area contributed by atoms with Gasteiger partial charge in [0.2, 0.25) is 0 Å². The summed E-state index contributed by atoms with van der Waals surface area (Å²) in [5.74, 6) is 0.272. The number of hydrogen-bond donors (Lipinski definition) is 2. The number of ether oxygens (including phenoxy) is 1. The molecule has 0 atom stereocenters. The number of benzene rings is 2. The van der Waals surface area contributed by atoms with Crippen molar-refractivity contribution in [1.82, 2.24) is 4.98 Å². The molecule has 0 unspecified atom stereocenters. The molecule has 0 saturated carbocycles. The SMILES string of the molecule is COc1ccc2sc(C(=O)Nc3ccc(S(=O)(=O)Nc4nccs4)cc3)c(Cl)c2c1. The molecule has 4 rings (SSSR count). The maximum absolute atomic E-state index is 12.7. The third-order valence-electron chi connectivity index (χ3n) is 4.12. The number of thiophene rings is 1. The molecule has 2 aromatic heterocycles. The lowest BCUT2D eigenvalue weighted by Crippen LogP contribution is -2.13. The predicted octanol–water partition coefficient (Wildman–Crippen LogP) is 5.07. The van der Waals surface area contributed by atoms with Crippen LogP contribution in [0.25, 0.3) is 10.1 Å². The van der Waals surface area contributed by atoms with Gasteiger partial charge < -0.3 is 10.1 Å². The topological polar surface area (TPSA) is 97.4 Å². The Labute approximate surface area is 185 Å². The molecule has 0 fully saturated rings. The molecule has 154 valence electrons. The molecular formula is C19H14ClN3O4S3. The van der Waals surface area contributed by atoms with Crippen LogP contribution < -0.4 is 14.8 Å². The first-order chi connectivity index (χ1) is 14.4. The molecule has 0 radical (unpaired) electrons. The van der Waals surface area contributed by atoms with Crippen LogP contribution in [0.3, 0.4) is 0 Å². The van der Waals surface area contributed by atoms with E-state index in [0.29, 0.717) is 21.3 Å². The van der Waals surface area contributed by atoms with Gasteiger partial charge in [0.15, 0.2) is 5.13 Å². The standard InChI is InChI=1S/C19H14ClN3O4S3/c1-27-12-4-7-15-14(10-12)16(20)17(29-15)18(24)22-11-2-5-13(6-3-11)30(25,26)23-19-21-8-9-28-19/h2-10H,1H3,(H,21,23)(H,22,24). The molecule has 0 saturated heterocycles. The minimum atomic E-state index is -3.76. The summed E-state index contributed by atoms with van der Waals surface area (Å²) in [5, 5.41) is 5.78. The summed E-state index contributed by atoms with van der Waals surface area (Å²) in [7, 11) is -2.20. The van der Waals surface area contributed by atoms with Crippen LogP contribution in [0.1, 0.15) is 9.67 Å². The number of thiazole rings is 1. The van der Waals surface area contributed by atoms with Gasteiger partial charge in [-0.15, -0.1) is 22.7 Å². The van der Waals surface area contributed by atoms with Crippen molar-refractivity contribution < 1.29 is 17.9 Å². The first-order valence-electron chi connectivity index (χ1n) is 8.47. The summed E-state index contributed by atoms with van der Waals surface area (Å²) in [4.78, 5) is 17.0. The molecule has 2 aromatic carbocycles. The molecule has 2 heterocycles. The second-order valence-electron chi connectivity index (χ2n) is 6.03. The fourth-order valence-corrected chi connectivity index (χ4v) is 5.85. The number of carbonyl (C=O) groups excluding carboxylic acids is 1. The highest BCUT2D eigenvalue weighted by atomic mass is 35.5. The molecule has 0 aliphatic heterocycles. The lowest BCUT2D eigenvalue weighted by atomic mass is 10.2. The van der Waals surface area contributed by atoms with Crippen LogP contribution in [-0.2, 0) is 10.0 Å². The van der Waals surface area contributed by atoms with Crippen molar-refractivity contribution >= 4 is 71.1 Å². The number of nitrogens with zero attached hydrogens (tertiary/aromatic N) is 1. The molecule has 0 aliphatic rings. The van der Waals surface area contributed by atoms with Crippen molar-refractivity contribution in [2.24, 2.45) is 0 Å². The molecule has 0 spiro atoms. The van der Waals surface area contributed by atoms with Gasteiger partial charge in [0.05, 0.1) is 17.0 Å². The van der Waals surface area contributed by atoms with Gasteiger partial charge in [-0.1, -0.05) is 11.6 Å². The summed E-state index contributed by atoms with van der Waals surface area (Å²) in [5.41, 5.74) is 0.444. The lowest BCUT2D eigenvalue weighted by molar-refractivity contribution is 0.103. The zero-order valence-corrected chi connectivity index (χ0v) is 18.6. The number of anilines is 2. The number of nitrogens with one attached hydrogen (secondary N) is 2. The average Bonchev–Trinajstić information content (AvgIpc) is 3.35. The molecule has 11 heteroatoms. The second kappa shape index (κ2) is 8.23. The Balaban J connectivity index is 1.53. The smallest absolute Gasteiger partial charge is 0.267 e. The van der Waals surface area contributed by atoms with Gasteiger partial charge in [0.25, 0.3) is 15.9 Å². The van der Waals surface area contributed by atoms with Crippen LogP contribution in [0.5, 0.6) is 5.75 Å². The Morgan fingerprint density at radius 2 is 1.93 bits per heavy atom. The van der Waals surface area contributed by atoms with E-state index in [1.54, 1.807) is 24.6 Å². The van der Waals surface area contributed by atoms with Crippen LogP contribution in [-0.4, -0.2) is 26.4 Å². The molecule has 4 aromatic rings. The number of fused-ring (bicyclic) bond motifs is 1. The summed E-state index contributed by atoms with van der Waals surface area (Å²) >= 11 is 8.85. The summed E-state index contributed by atoms with van der Waals surface area (Å²) in [6.07, 6.45) is 1.51. The van der Waals surface area contributed by atoms with Crippen molar-refractivity contribution in [1.29, 1.82) is 0 Å². The van der Waals surface area contributed by atoms with E-state index in [9.17, 15) is 13.2 Å². The third-order valence-corrected chi connectivity index (χ3v) is 7.96. The minimum Gasteiger partial charge on any atom is -0.497 e. The largest absolute Gasteiger partial charge is 0.497 e. The van der Waals surface area contributed by atoms with Gasteiger partial charge in [0, 0.05) is 27.4 Å². The van der Waals surface area contributed by atoms with Crippen LogP contribution in [0.2, 0.25) is 5.02 Å². The lowest BCUT2D eigenvalue weighted by Gasteiger charge is -2.07. The van der Waals surface area contributed by atoms with E-state index in [4.69, 9.17) is 16.3 Å². The summed E-state index contributed by atoms with van der Waals surface area (Å²) in [6.45, 7) is 0.